The summed E-state index contributed by atoms with van der Waals surface area (Å²) in [7, 11) is 1.63. The Labute approximate surface area is 196 Å². The van der Waals surface area contributed by atoms with Gasteiger partial charge in [0.15, 0.2) is 0 Å². The van der Waals surface area contributed by atoms with E-state index in [2.05, 4.69) is 43.4 Å². The monoisotopic (exact) mass is 456 g/mol. The van der Waals surface area contributed by atoms with Crippen LogP contribution in [0, 0.1) is 6.92 Å². The number of methoxy groups -OCH3 is 1. The molecule has 0 radical (unpaired) electrons. The van der Waals surface area contributed by atoms with Gasteiger partial charge in [0.1, 0.15) is 11.8 Å². The summed E-state index contributed by atoms with van der Waals surface area (Å²) in [5.41, 5.74) is 3.39. The maximum absolute atomic E-state index is 13.3. The highest BCUT2D eigenvalue weighted by Gasteiger charge is 2.28. The lowest BCUT2D eigenvalue weighted by molar-refractivity contribution is -0.139. The fourth-order valence-electron chi connectivity index (χ4n) is 3.38. The van der Waals surface area contributed by atoms with Crippen LogP contribution < -0.4 is 10.1 Å². The van der Waals surface area contributed by atoms with Crippen molar-refractivity contribution in [3.8, 4) is 5.75 Å². The normalized spacial score (nSPS) is 11.6. The molecule has 2 aromatic carbocycles. The number of unbranched alkanes of at least 4 members (excludes halogenated alkanes) is 1. The number of amides is 2. The number of thioether (sulfide) groups is 1. The van der Waals surface area contributed by atoms with Gasteiger partial charge in [0, 0.05) is 18.8 Å². The minimum absolute atomic E-state index is 0.0181. The largest absolute Gasteiger partial charge is 0.497 e. The molecule has 2 rings (SSSR count). The zero-order valence-electron chi connectivity index (χ0n) is 19.7. The summed E-state index contributed by atoms with van der Waals surface area (Å²) in [6.45, 7) is 7.15. The fraction of sp³-hybridized carbons (Fsp3) is 0.462. The van der Waals surface area contributed by atoms with Gasteiger partial charge in [-0.2, -0.15) is 0 Å². The summed E-state index contributed by atoms with van der Waals surface area (Å²) in [4.78, 5) is 27.9. The van der Waals surface area contributed by atoms with E-state index in [1.54, 1.807) is 23.8 Å². The van der Waals surface area contributed by atoms with Gasteiger partial charge in [0.25, 0.3) is 0 Å². The molecule has 174 valence electrons. The summed E-state index contributed by atoms with van der Waals surface area (Å²) in [5, 5.41) is 3.00. The molecule has 0 aromatic heterocycles. The summed E-state index contributed by atoms with van der Waals surface area (Å²) in [5.74, 6) is 1.77. The molecule has 0 spiro atoms. The molecular formula is C26H36N2O3S. The van der Waals surface area contributed by atoms with Crippen molar-refractivity contribution in [2.45, 2.75) is 58.4 Å². The number of carbonyl (C=O) groups excluding carboxylic acids is 2. The van der Waals surface area contributed by atoms with Crippen molar-refractivity contribution < 1.29 is 14.3 Å². The number of hydrogen-bond donors (Lipinski definition) is 1. The average Bonchev–Trinajstić information content (AvgIpc) is 2.80. The number of carbonyl (C=O) groups is 2. The zero-order valence-corrected chi connectivity index (χ0v) is 20.5. The van der Waals surface area contributed by atoms with Gasteiger partial charge in [-0.3, -0.25) is 9.59 Å². The van der Waals surface area contributed by atoms with Crippen molar-refractivity contribution in [2.24, 2.45) is 0 Å². The van der Waals surface area contributed by atoms with Crippen molar-refractivity contribution >= 4 is 23.6 Å². The maximum Gasteiger partial charge on any atom is 0.242 e. The molecule has 0 aliphatic carbocycles. The van der Waals surface area contributed by atoms with E-state index < -0.39 is 6.04 Å². The minimum atomic E-state index is -0.485. The van der Waals surface area contributed by atoms with Crippen LogP contribution in [0.15, 0.2) is 48.5 Å². The first-order valence-corrected chi connectivity index (χ1v) is 12.5. The van der Waals surface area contributed by atoms with Gasteiger partial charge >= 0.3 is 0 Å². The highest BCUT2D eigenvalue weighted by Crippen LogP contribution is 2.19. The number of aryl methyl sites for hydroxylation is 1. The molecule has 6 heteroatoms. The fourth-order valence-corrected chi connectivity index (χ4v) is 4.25. The third-order valence-electron chi connectivity index (χ3n) is 5.34. The van der Waals surface area contributed by atoms with Crippen molar-refractivity contribution in [1.82, 2.24) is 10.2 Å². The Morgan fingerprint density at radius 3 is 2.28 bits per heavy atom. The highest BCUT2D eigenvalue weighted by atomic mass is 32.2. The molecule has 0 saturated heterocycles. The molecule has 0 fully saturated rings. The van der Waals surface area contributed by atoms with Gasteiger partial charge < -0.3 is 15.0 Å². The molecule has 0 aliphatic heterocycles. The molecule has 32 heavy (non-hydrogen) atoms. The second-order valence-corrected chi connectivity index (χ2v) is 8.90. The first kappa shape index (κ1) is 25.8. The molecule has 0 saturated carbocycles. The van der Waals surface area contributed by atoms with E-state index in [0.717, 1.165) is 29.9 Å². The molecule has 0 heterocycles. The predicted octanol–water partition coefficient (Wildman–Crippen LogP) is 4.96. The Balaban J connectivity index is 2.09. The molecular weight excluding hydrogens is 420 g/mol. The number of nitrogens with one attached hydrogen (secondary N) is 1. The third kappa shape index (κ3) is 8.23. The van der Waals surface area contributed by atoms with Crippen LogP contribution in [0.1, 0.15) is 49.8 Å². The average molecular weight is 457 g/mol. The van der Waals surface area contributed by atoms with Crippen LogP contribution in [0.25, 0.3) is 0 Å². The number of rotatable bonds is 13. The van der Waals surface area contributed by atoms with Crippen LogP contribution in [0.3, 0.4) is 0 Å². The molecule has 1 N–H and O–H groups in total. The van der Waals surface area contributed by atoms with Crippen LogP contribution in [0.5, 0.6) is 5.75 Å². The lowest BCUT2D eigenvalue weighted by atomic mass is 10.1. The van der Waals surface area contributed by atoms with E-state index in [1.807, 2.05) is 31.2 Å². The second kappa shape index (κ2) is 13.8. The van der Waals surface area contributed by atoms with Crippen LogP contribution >= 0.6 is 11.8 Å². The van der Waals surface area contributed by atoms with Crippen molar-refractivity contribution in [3.05, 3.63) is 65.2 Å². The molecule has 0 bridgehead atoms. The Morgan fingerprint density at radius 1 is 1.03 bits per heavy atom. The minimum Gasteiger partial charge on any atom is -0.497 e. The van der Waals surface area contributed by atoms with E-state index in [4.69, 9.17) is 4.74 Å². The van der Waals surface area contributed by atoms with Gasteiger partial charge in [-0.1, -0.05) is 62.2 Å². The molecule has 5 nitrogen and oxygen atoms in total. The molecule has 2 aromatic rings. The highest BCUT2D eigenvalue weighted by molar-refractivity contribution is 7.99. The topological polar surface area (TPSA) is 58.6 Å². The Hall–Kier alpha value is -2.47. The first-order valence-electron chi connectivity index (χ1n) is 11.3. The quantitative estimate of drug-likeness (QED) is 0.433. The SMILES string of the molecule is CCCCNC(=O)C(CC)N(Cc1ccc(OC)cc1)C(=O)CSCc1ccc(C)cc1. The van der Waals surface area contributed by atoms with Gasteiger partial charge in [-0.05, 0) is 43.0 Å². The van der Waals surface area contributed by atoms with Crippen LogP contribution in [0.2, 0.25) is 0 Å². The van der Waals surface area contributed by atoms with Gasteiger partial charge in [-0.25, -0.2) is 0 Å². The first-order chi connectivity index (χ1) is 15.5. The second-order valence-electron chi connectivity index (χ2n) is 7.92. The Kier molecular flexibility index (Phi) is 11.2. The standard InChI is InChI=1S/C26H36N2O3S/c1-5-7-16-27-26(30)24(6-2)28(17-21-12-14-23(31-4)15-13-21)25(29)19-32-18-22-10-8-20(3)9-11-22/h8-15,24H,5-7,16-19H2,1-4H3,(H,27,30). The molecule has 2 amide bonds. The van der Waals surface area contributed by atoms with Gasteiger partial charge in [0.05, 0.1) is 12.9 Å². The number of benzene rings is 2. The Bertz CT molecular complexity index is 837. The van der Waals surface area contributed by atoms with Crippen molar-refractivity contribution in [3.63, 3.8) is 0 Å². The smallest absolute Gasteiger partial charge is 0.242 e. The Morgan fingerprint density at radius 2 is 1.69 bits per heavy atom. The number of nitrogens with zero attached hydrogens (tertiary/aromatic N) is 1. The van der Waals surface area contributed by atoms with Gasteiger partial charge in [-0.15, -0.1) is 11.8 Å². The summed E-state index contributed by atoms with van der Waals surface area (Å²) < 4.78 is 5.24. The van der Waals surface area contributed by atoms with Crippen LogP contribution in [-0.4, -0.2) is 42.2 Å². The summed E-state index contributed by atoms with van der Waals surface area (Å²) >= 11 is 1.58. The molecule has 1 unspecified atom stereocenters. The number of ether oxygens (including phenoxy) is 1. The van der Waals surface area contributed by atoms with E-state index in [-0.39, 0.29) is 11.8 Å². The van der Waals surface area contributed by atoms with Crippen LogP contribution in [-0.2, 0) is 21.9 Å². The lowest BCUT2D eigenvalue weighted by Gasteiger charge is -2.30. The molecule has 0 aliphatic rings. The maximum atomic E-state index is 13.3. The van der Waals surface area contributed by atoms with Crippen LogP contribution in [0.4, 0.5) is 0 Å². The lowest BCUT2D eigenvalue weighted by Crippen LogP contribution is -2.49. The predicted molar refractivity (Wildman–Crippen MR) is 133 cm³/mol. The summed E-state index contributed by atoms with van der Waals surface area (Å²) in [6.07, 6.45) is 2.52. The summed E-state index contributed by atoms with van der Waals surface area (Å²) in [6, 6.07) is 15.5. The zero-order chi connectivity index (χ0) is 23.3. The van der Waals surface area contributed by atoms with Crippen molar-refractivity contribution in [1.29, 1.82) is 0 Å². The van der Waals surface area contributed by atoms with E-state index in [9.17, 15) is 9.59 Å². The van der Waals surface area contributed by atoms with Gasteiger partial charge in [0.2, 0.25) is 11.8 Å². The number of hydrogen-bond acceptors (Lipinski definition) is 4. The van der Waals surface area contributed by atoms with E-state index in [1.165, 1.54) is 11.1 Å². The van der Waals surface area contributed by atoms with E-state index >= 15 is 0 Å². The molecule has 1 atom stereocenters. The third-order valence-corrected chi connectivity index (χ3v) is 6.33. The van der Waals surface area contributed by atoms with Crippen molar-refractivity contribution in [2.75, 3.05) is 19.4 Å². The van der Waals surface area contributed by atoms with E-state index in [0.29, 0.717) is 25.3 Å².